The number of rotatable bonds is 7. The Balaban J connectivity index is 1.31. The van der Waals surface area contributed by atoms with Gasteiger partial charge in [0.15, 0.2) is 0 Å². The zero-order valence-corrected chi connectivity index (χ0v) is 21.5. The Morgan fingerprint density at radius 1 is 0.474 bits per heavy atom. The van der Waals surface area contributed by atoms with Crippen LogP contribution in [0.2, 0.25) is 0 Å². The minimum Gasteiger partial charge on any atom is -0.345 e. The third kappa shape index (κ3) is 4.89. The van der Waals surface area contributed by atoms with Crippen LogP contribution in [0, 0.1) is 0 Å². The van der Waals surface area contributed by atoms with Crippen LogP contribution in [-0.2, 0) is 6.54 Å². The highest BCUT2D eigenvalue weighted by Crippen LogP contribution is 2.34. The van der Waals surface area contributed by atoms with Gasteiger partial charge >= 0.3 is 0 Å². The summed E-state index contributed by atoms with van der Waals surface area (Å²) in [7, 11) is 2.11. The summed E-state index contributed by atoms with van der Waals surface area (Å²) in [6.07, 6.45) is 0. The maximum absolute atomic E-state index is 2.42. The van der Waals surface area contributed by atoms with Crippen molar-refractivity contribution in [1.29, 1.82) is 0 Å². The van der Waals surface area contributed by atoms with Crippen LogP contribution in [-0.4, -0.2) is 7.05 Å². The van der Waals surface area contributed by atoms with Gasteiger partial charge in [-0.15, -0.1) is 0 Å². The van der Waals surface area contributed by atoms with Gasteiger partial charge in [-0.1, -0.05) is 103 Å². The van der Waals surface area contributed by atoms with Crippen molar-refractivity contribution in [3.63, 3.8) is 0 Å². The predicted octanol–water partition coefficient (Wildman–Crippen LogP) is 9.61. The molecule has 0 aromatic heterocycles. The van der Waals surface area contributed by atoms with Crippen LogP contribution in [0.25, 0.3) is 21.9 Å². The lowest BCUT2D eigenvalue weighted by Gasteiger charge is -2.27. The van der Waals surface area contributed by atoms with E-state index in [4.69, 9.17) is 0 Å². The number of hydrogen-bond acceptors (Lipinski definition) is 2. The van der Waals surface area contributed by atoms with Crippen LogP contribution < -0.4 is 9.80 Å². The molecule has 38 heavy (non-hydrogen) atoms. The molecule has 184 valence electrons. The lowest BCUT2D eigenvalue weighted by molar-refractivity contribution is 0.981. The Bertz CT molecular complexity index is 1640. The van der Waals surface area contributed by atoms with E-state index in [0.29, 0.717) is 0 Å². The van der Waals surface area contributed by atoms with E-state index in [9.17, 15) is 0 Å². The standard InChI is InChI=1S/C36H30N2/c1-37(32-16-4-2-5-17-32)33-24-22-29(23-25-33)31-15-10-12-28(26-31)27-38(34-18-6-3-7-19-34)36-21-11-14-30-13-8-9-20-35(30)36/h2-26H,27H2,1H3. The molecule has 2 heteroatoms. The molecule has 0 atom stereocenters. The molecule has 0 heterocycles. The summed E-state index contributed by atoms with van der Waals surface area (Å²) in [6, 6.07) is 54.0. The van der Waals surface area contributed by atoms with E-state index in [1.165, 1.54) is 50.2 Å². The number of hydrogen-bond donors (Lipinski definition) is 0. The molecular formula is C36H30N2. The summed E-state index contributed by atoms with van der Waals surface area (Å²) in [5.74, 6) is 0. The van der Waals surface area contributed by atoms with Gasteiger partial charge in [-0.05, 0) is 70.6 Å². The van der Waals surface area contributed by atoms with Crippen molar-refractivity contribution in [3.05, 3.63) is 157 Å². The highest BCUT2D eigenvalue weighted by atomic mass is 15.1. The van der Waals surface area contributed by atoms with Gasteiger partial charge < -0.3 is 9.80 Å². The lowest BCUT2D eigenvalue weighted by atomic mass is 10.0. The number of fused-ring (bicyclic) bond motifs is 1. The van der Waals surface area contributed by atoms with Crippen LogP contribution in [0.1, 0.15) is 5.56 Å². The second-order valence-corrected chi connectivity index (χ2v) is 9.56. The lowest BCUT2D eigenvalue weighted by Crippen LogP contribution is -2.16. The fourth-order valence-electron chi connectivity index (χ4n) is 5.08. The van der Waals surface area contributed by atoms with Gasteiger partial charge in [-0.3, -0.25) is 0 Å². The van der Waals surface area contributed by atoms with Gasteiger partial charge in [0.1, 0.15) is 0 Å². The molecule has 0 fully saturated rings. The highest BCUT2D eigenvalue weighted by Gasteiger charge is 2.14. The molecule has 0 aliphatic carbocycles. The molecule has 6 rings (SSSR count). The molecule has 0 aliphatic rings. The first kappa shape index (κ1) is 23.6. The summed E-state index contributed by atoms with van der Waals surface area (Å²) >= 11 is 0. The Labute approximate surface area is 225 Å². The average molecular weight is 491 g/mol. The van der Waals surface area contributed by atoms with E-state index < -0.39 is 0 Å². The summed E-state index contributed by atoms with van der Waals surface area (Å²) in [6.45, 7) is 0.778. The maximum Gasteiger partial charge on any atom is 0.0493 e. The van der Waals surface area contributed by atoms with Crippen molar-refractivity contribution in [2.75, 3.05) is 16.8 Å². The molecule has 6 aromatic carbocycles. The van der Waals surface area contributed by atoms with Gasteiger partial charge in [-0.2, -0.15) is 0 Å². The number of benzene rings is 6. The van der Waals surface area contributed by atoms with Crippen LogP contribution >= 0.6 is 0 Å². The van der Waals surface area contributed by atoms with E-state index in [0.717, 1.165) is 6.54 Å². The second kappa shape index (κ2) is 10.7. The van der Waals surface area contributed by atoms with Gasteiger partial charge in [0.05, 0.1) is 0 Å². The highest BCUT2D eigenvalue weighted by molar-refractivity contribution is 5.96. The minimum atomic E-state index is 0.778. The van der Waals surface area contributed by atoms with Crippen molar-refractivity contribution >= 4 is 33.5 Å². The third-order valence-electron chi connectivity index (χ3n) is 7.12. The average Bonchev–Trinajstić information content (AvgIpc) is 3.00. The first-order chi connectivity index (χ1) is 18.8. The van der Waals surface area contributed by atoms with Crippen LogP contribution in [0.3, 0.4) is 0 Å². The van der Waals surface area contributed by atoms with Crippen molar-refractivity contribution in [3.8, 4) is 11.1 Å². The molecular weight excluding hydrogens is 460 g/mol. The van der Waals surface area contributed by atoms with E-state index in [1.54, 1.807) is 0 Å². The first-order valence-corrected chi connectivity index (χ1v) is 13.0. The zero-order valence-electron chi connectivity index (χ0n) is 21.5. The smallest absolute Gasteiger partial charge is 0.0493 e. The molecule has 0 radical (unpaired) electrons. The molecule has 2 nitrogen and oxygen atoms in total. The quantitative estimate of drug-likeness (QED) is 0.220. The summed E-state index contributed by atoms with van der Waals surface area (Å²) in [5.41, 5.74) is 8.45. The molecule has 0 amide bonds. The molecule has 6 aromatic rings. The molecule has 0 N–H and O–H groups in total. The van der Waals surface area contributed by atoms with Crippen molar-refractivity contribution in [2.45, 2.75) is 6.54 Å². The van der Waals surface area contributed by atoms with Gasteiger partial charge in [0.25, 0.3) is 0 Å². The monoisotopic (exact) mass is 490 g/mol. The predicted molar refractivity (Wildman–Crippen MR) is 163 cm³/mol. The number of nitrogens with zero attached hydrogens (tertiary/aromatic N) is 2. The molecule has 0 aliphatic heterocycles. The van der Waals surface area contributed by atoms with Crippen LogP contribution in [0.5, 0.6) is 0 Å². The summed E-state index contributed by atoms with van der Waals surface area (Å²) in [5, 5.41) is 2.51. The van der Waals surface area contributed by atoms with Crippen molar-refractivity contribution in [1.82, 2.24) is 0 Å². The van der Waals surface area contributed by atoms with Gasteiger partial charge in [-0.25, -0.2) is 0 Å². The Kier molecular flexibility index (Phi) is 6.61. The zero-order chi connectivity index (χ0) is 25.7. The second-order valence-electron chi connectivity index (χ2n) is 9.56. The molecule has 0 saturated carbocycles. The van der Waals surface area contributed by atoms with Gasteiger partial charge in [0.2, 0.25) is 0 Å². The van der Waals surface area contributed by atoms with E-state index in [-0.39, 0.29) is 0 Å². The minimum absolute atomic E-state index is 0.778. The van der Waals surface area contributed by atoms with E-state index >= 15 is 0 Å². The summed E-state index contributed by atoms with van der Waals surface area (Å²) in [4.78, 5) is 4.63. The maximum atomic E-state index is 2.42. The normalized spacial score (nSPS) is 10.9. The topological polar surface area (TPSA) is 6.48 Å². The number of para-hydroxylation sites is 2. The van der Waals surface area contributed by atoms with Crippen LogP contribution in [0.15, 0.2) is 152 Å². The summed E-state index contributed by atoms with van der Waals surface area (Å²) < 4.78 is 0. The van der Waals surface area contributed by atoms with Crippen molar-refractivity contribution < 1.29 is 0 Å². The van der Waals surface area contributed by atoms with Gasteiger partial charge in [0, 0.05) is 41.7 Å². The molecule has 0 saturated heterocycles. The third-order valence-corrected chi connectivity index (χ3v) is 7.12. The fraction of sp³-hybridized carbons (Fsp3) is 0.0556. The largest absolute Gasteiger partial charge is 0.345 e. The number of anilines is 4. The Morgan fingerprint density at radius 3 is 1.84 bits per heavy atom. The van der Waals surface area contributed by atoms with E-state index in [2.05, 4.69) is 162 Å². The Morgan fingerprint density at radius 2 is 1.08 bits per heavy atom. The molecule has 0 spiro atoms. The molecule has 0 unspecified atom stereocenters. The van der Waals surface area contributed by atoms with Crippen molar-refractivity contribution in [2.24, 2.45) is 0 Å². The van der Waals surface area contributed by atoms with Crippen LogP contribution in [0.4, 0.5) is 22.7 Å². The fourth-order valence-corrected chi connectivity index (χ4v) is 5.08. The SMILES string of the molecule is CN(c1ccccc1)c1ccc(-c2cccc(CN(c3ccccc3)c3cccc4ccccc34)c2)cc1. The molecule has 0 bridgehead atoms. The van der Waals surface area contributed by atoms with E-state index in [1.807, 2.05) is 6.07 Å². The Hall–Kier alpha value is -4.82. The first-order valence-electron chi connectivity index (χ1n) is 13.0.